The summed E-state index contributed by atoms with van der Waals surface area (Å²) in [7, 11) is 0. The summed E-state index contributed by atoms with van der Waals surface area (Å²) in [6.45, 7) is 5.61. The number of nitrogens with two attached hydrogens (primary N) is 1. The van der Waals surface area contributed by atoms with Crippen LogP contribution < -0.4 is 15.5 Å². The molecular weight excluding hydrogens is 330 g/mol. The predicted molar refractivity (Wildman–Crippen MR) is 100 cm³/mol. The first-order valence-corrected chi connectivity index (χ1v) is 9.87. The van der Waals surface area contributed by atoms with Crippen molar-refractivity contribution in [2.75, 3.05) is 42.6 Å². The number of hydrogen-bond donors (Lipinski definition) is 1. The van der Waals surface area contributed by atoms with Crippen molar-refractivity contribution in [2.45, 2.75) is 51.0 Å². The van der Waals surface area contributed by atoms with E-state index < -0.39 is 5.54 Å². The molecule has 1 aromatic rings. The molecule has 3 aliphatic rings. The molecule has 3 fully saturated rings. The van der Waals surface area contributed by atoms with Gasteiger partial charge in [0.25, 0.3) is 0 Å². The van der Waals surface area contributed by atoms with Gasteiger partial charge in [-0.25, -0.2) is 9.97 Å². The highest BCUT2D eigenvalue weighted by molar-refractivity contribution is 6.03. The minimum atomic E-state index is -0.713. The monoisotopic (exact) mass is 359 g/mol. The highest BCUT2D eigenvalue weighted by atomic mass is 16.5. The summed E-state index contributed by atoms with van der Waals surface area (Å²) < 4.78 is 5.39. The summed E-state index contributed by atoms with van der Waals surface area (Å²) >= 11 is 0. The Kier molecular flexibility index (Phi) is 4.84. The number of amides is 1. The Labute approximate surface area is 154 Å². The second-order valence-electron chi connectivity index (χ2n) is 7.82. The Morgan fingerprint density at radius 2 is 1.92 bits per heavy atom. The fraction of sp³-hybridized carbons (Fsp3) is 0.737. The Bertz CT molecular complexity index is 670. The van der Waals surface area contributed by atoms with Crippen molar-refractivity contribution in [3.05, 3.63) is 11.9 Å². The van der Waals surface area contributed by atoms with Gasteiger partial charge in [-0.3, -0.25) is 4.79 Å². The van der Waals surface area contributed by atoms with Gasteiger partial charge >= 0.3 is 0 Å². The van der Waals surface area contributed by atoms with E-state index >= 15 is 0 Å². The van der Waals surface area contributed by atoms with Gasteiger partial charge in [-0.15, -0.1) is 0 Å². The molecule has 0 spiro atoms. The van der Waals surface area contributed by atoms with Gasteiger partial charge in [-0.2, -0.15) is 0 Å². The number of nitrogens with zero attached hydrogens (tertiary/aromatic N) is 4. The zero-order valence-electron chi connectivity index (χ0n) is 15.6. The molecule has 0 aromatic carbocycles. The van der Waals surface area contributed by atoms with E-state index in [4.69, 9.17) is 10.5 Å². The number of rotatable bonds is 3. The van der Waals surface area contributed by atoms with E-state index in [1.807, 2.05) is 11.8 Å². The number of ether oxygens (including phenoxy) is 1. The molecule has 7 heteroatoms. The first kappa shape index (κ1) is 17.7. The molecule has 0 radical (unpaired) electrons. The number of anilines is 2. The zero-order valence-corrected chi connectivity index (χ0v) is 15.6. The lowest BCUT2D eigenvalue weighted by Gasteiger charge is -2.35. The third-order valence-corrected chi connectivity index (χ3v) is 6.25. The number of aryl methyl sites for hydroxylation is 1. The molecule has 3 heterocycles. The van der Waals surface area contributed by atoms with Crippen molar-refractivity contribution >= 4 is 17.5 Å². The van der Waals surface area contributed by atoms with Crippen LogP contribution in [0.4, 0.5) is 11.6 Å². The molecule has 1 amide bonds. The zero-order chi connectivity index (χ0) is 18.1. The first-order valence-electron chi connectivity index (χ1n) is 9.87. The maximum atomic E-state index is 13.2. The number of morpholine rings is 1. The number of hydrogen-bond acceptors (Lipinski definition) is 6. The summed E-state index contributed by atoms with van der Waals surface area (Å²) in [6.07, 6.45) is 8.29. The van der Waals surface area contributed by atoms with Crippen LogP contribution in [0.15, 0.2) is 6.20 Å². The van der Waals surface area contributed by atoms with Crippen LogP contribution in [0.3, 0.4) is 0 Å². The molecule has 0 unspecified atom stereocenters. The largest absolute Gasteiger partial charge is 0.378 e. The highest BCUT2D eigenvalue weighted by Crippen LogP contribution is 2.39. The van der Waals surface area contributed by atoms with E-state index in [1.165, 1.54) is 19.3 Å². The fourth-order valence-corrected chi connectivity index (χ4v) is 4.61. The number of aromatic nitrogens is 2. The third kappa shape index (κ3) is 3.07. The molecule has 142 valence electrons. The van der Waals surface area contributed by atoms with Gasteiger partial charge in [-0.05, 0) is 32.1 Å². The van der Waals surface area contributed by atoms with E-state index in [2.05, 4.69) is 14.9 Å². The average Bonchev–Trinajstić information content (AvgIpc) is 2.99. The van der Waals surface area contributed by atoms with E-state index in [0.717, 1.165) is 43.7 Å². The van der Waals surface area contributed by atoms with Gasteiger partial charge in [0.05, 0.1) is 30.8 Å². The molecule has 0 bridgehead atoms. The maximum absolute atomic E-state index is 13.2. The Hall–Kier alpha value is -1.73. The van der Waals surface area contributed by atoms with E-state index in [9.17, 15) is 4.79 Å². The van der Waals surface area contributed by atoms with Crippen LogP contribution in [0.5, 0.6) is 0 Å². The summed E-state index contributed by atoms with van der Waals surface area (Å²) in [5, 5.41) is 0. The summed E-state index contributed by atoms with van der Waals surface area (Å²) in [6, 6.07) is 0. The molecule has 26 heavy (non-hydrogen) atoms. The first-order chi connectivity index (χ1) is 12.6. The SMILES string of the molecule is Cc1nc(N2CCOCC2)ncc1N1CC[C@](N)(C2CCCCC2)C1=O. The van der Waals surface area contributed by atoms with E-state index in [0.29, 0.717) is 31.6 Å². The lowest BCUT2D eigenvalue weighted by Crippen LogP contribution is -2.54. The van der Waals surface area contributed by atoms with Crippen molar-refractivity contribution < 1.29 is 9.53 Å². The molecule has 4 rings (SSSR count). The van der Waals surface area contributed by atoms with Gasteiger partial charge < -0.3 is 20.3 Å². The third-order valence-electron chi connectivity index (χ3n) is 6.25. The minimum Gasteiger partial charge on any atom is -0.378 e. The second kappa shape index (κ2) is 7.12. The number of carbonyl (C=O) groups is 1. The predicted octanol–water partition coefficient (Wildman–Crippen LogP) is 1.64. The summed E-state index contributed by atoms with van der Waals surface area (Å²) in [5.74, 6) is 1.07. The van der Waals surface area contributed by atoms with Crippen LogP contribution in [0.2, 0.25) is 0 Å². The van der Waals surface area contributed by atoms with Crippen LogP contribution >= 0.6 is 0 Å². The van der Waals surface area contributed by atoms with Gasteiger partial charge in [0.1, 0.15) is 5.54 Å². The Balaban J connectivity index is 1.53. The minimum absolute atomic E-state index is 0.0511. The lowest BCUT2D eigenvalue weighted by molar-refractivity contribution is -0.123. The molecule has 2 aliphatic heterocycles. The number of carbonyl (C=O) groups excluding carboxylic acids is 1. The van der Waals surface area contributed by atoms with Crippen LogP contribution in [0.1, 0.15) is 44.2 Å². The smallest absolute Gasteiger partial charge is 0.247 e. The van der Waals surface area contributed by atoms with Crippen molar-refractivity contribution in [1.82, 2.24) is 9.97 Å². The average molecular weight is 359 g/mol. The van der Waals surface area contributed by atoms with Gasteiger partial charge in [0.2, 0.25) is 11.9 Å². The van der Waals surface area contributed by atoms with Crippen LogP contribution in [0, 0.1) is 12.8 Å². The molecule has 1 aromatic heterocycles. The topological polar surface area (TPSA) is 84.6 Å². The Morgan fingerprint density at radius 1 is 1.19 bits per heavy atom. The van der Waals surface area contributed by atoms with Crippen molar-refractivity contribution in [3.63, 3.8) is 0 Å². The lowest BCUT2D eigenvalue weighted by atomic mass is 9.74. The standard InChI is InChI=1S/C19H29N5O2/c1-14-16(13-21-18(22-14)23-9-11-26-12-10-23)24-8-7-19(20,17(24)25)15-5-3-2-4-6-15/h13,15H,2-12,20H2,1H3/t19-/m0/s1. The van der Waals surface area contributed by atoms with Gasteiger partial charge in [0.15, 0.2) is 0 Å². The molecule has 2 saturated heterocycles. The van der Waals surface area contributed by atoms with Crippen molar-refractivity contribution in [3.8, 4) is 0 Å². The summed E-state index contributed by atoms with van der Waals surface area (Å²) in [5.41, 5.74) is 7.57. The molecule has 1 saturated carbocycles. The second-order valence-corrected chi connectivity index (χ2v) is 7.82. The Morgan fingerprint density at radius 3 is 2.62 bits per heavy atom. The quantitative estimate of drug-likeness (QED) is 0.883. The van der Waals surface area contributed by atoms with E-state index in [-0.39, 0.29) is 5.91 Å². The molecule has 7 nitrogen and oxygen atoms in total. The fourth-order valence-electron chi connectivity index (χ4n) is 4.61. The molecule has 2 N–H and O–H groups in total. The van der Waals surface area contributed by atoms with Crippen molar-refractivity contribution in [2.24, 2.45) is 11.7 Å². The van der Waals surface area contributed by atoms with Crippen molar-refractivity contribution in [1.29, 1.82) is 0 Å². The van der Waals surface area contributed by atoms with Gasteiger partial charge in [0, 0.05) is 19.6 Å². The normalized spacial score (nSPS) is 28.0. The highest BCUT2D eigenvalue weighted by Gasteiger charge is 2.49. The van der Waals surface area contributed by atoms with Gasteiger partial charge in [-0.1, -0.05) is 19.3 Å². The molecule has 1 aliphatic carbocycles. The maximum Gasteiger partial charge on any atom is 0.247 e. The van der Waals surface area contributed by atoms with Crippen LogP contribution in [-0.4, -0.2) is 54.3 Å². The molecular formula is C19H29N5O2. The van der Waals surface area contributed by atoms with Crippen LogP contribution in [-0.2, 0) is 9.53 Å². The van der Waals surface area contributed by atoms with Crippen LogP contribution in [0.25, 0.3) is 0 Å². The van der Waals surface area contributed by atoms with E-state index in [1.54, 1.807) is 6.20 Å². The molecule has 1 atom stereocenters. The summed E-state index contributed by atoms with van der Waals surface area (Å²) in [4.78, 5) is 26.3.